The normalized spacial score (nSPS) is 10.3. The van der Waals surface area contributed by atoms with Gasteiger partial charge in [-0.15, -0.1) is 0 Å². The van der Waals surface area contributed by atoms with Crippen LogP contribution in [-0.2, 0) is 5.75 Å². The molecule has 0 unspecified atom stereocenters. The summed E-state index contributed by atoms with van der Waals surface area (Å²) in [7, 11) is 1.56. The maximum absolute atomic E-state index is 10.9. The number of rotatable bonds is 5. The minimum Gasteiger partial charge on any atom is -0.496 e. The summed E-state index contributed by atoms with van der Waals surface area (Å²) >= 11 is 2.81. The van der Waals surface area contributed by atoms with Crippen molar-refractivity contribution in [1.82, 2.24) is 9.36 Å². The third-order valence-electron chi connectivity index (χ3n) is 2.22. The third-order valence-corrected chi connectivity index (χ3v) is 4.07. The summed E-state index contributed by atoms with van der Waals surface area (Å²) in [5.41, 5.74) is 1.08. The molecule has 94 valence electrons. The van der Waals surface area contributed by atoms with Gasteiger partial charge in [0.2, 0.25) is 0 Å². The second kappa shape index (κ2) is 5.83. The maximum Gasteiger partial charge on any atom is 0.335 e. The molecule has 0 saturated heterocycles. The van der Waals surface area contributed by atoms with Crippen LogP contribution in [0.3, 0.4) is 0 Å². The number of thioether (sulfide) groups is 1. The highest BCUT2D eigenvalue weighted by Crippen LogP contribution is 2.29. The van der Waals surface area contributed by atoms with Gasteiger partial charge >= 0.3 is 5.97 Å². The zero-order valence-corrected chi connectivity index (χ0v) is 11.1. The highest BCUT2D eigenvalue weighted by atomic mass is 32.2. The molecule has 0 fully saturated rings. The first-order valence-corrected chi connectivity index (χ1v) is 6.76. The molecule has 18 heavy (non-hydrogen) atoms. The van der Waals surface area contributed by atoms with Gasteiger partial charge in [0.05, 0.1) is 12.7 Å². The van der Waals surface area contributed by atoms with Crippen LogP contribution in [0.15, 0.2) is 28.9 Å². The Labute approximate surface area is 112 Å². The number of ether oxygens (including phenoxy) is 1. The first kappa shape index (κ1) is 12.8. The second-order valence-corrected chi connectivity index (χ2v) is 5.33. The van der Waals surface area contributed by atoms with Crippen molar-refractivity contribution in [3.63, 3.8) is 0 Å². The van der Waals surface area contributed by atoms with E-state index >= 15 is 0 Å². The fourth-order valence-electron chi connectivity index (χ4n) is 1.39. The van der Waals surface area contributed by atoms with E-state index in [9.17, 15) is 4.79 Å². The number of benzene rings is 1. The van der Waals surface area contributed by atoms with Crippen LogP contribution >= 0.6 is 23.3 Å². The number of hydrogen-bond donors (Lipinski definition) is 1. The second-order valence-electron chi connectivity index (χ2n) is 3.33. The number of hydrogen-bond acceptors (Lipinski definition) is 6. The van der Waals surface area contributed by atoms with Crippen molar-refractivity contribution < 1.29 is 14.6 Å². The van der Waals surface area contributed by atoms with Gasteiger partial charge in [-0.1, -0.05) is 11.8 Å². The summed E-state index contributed by atoms with van der Waals surface area (Å²) in [4.78, 5) is 15.0. The summed E-state index contributed by atoms with van der Waals surface area (Å²) in [6.45, 7) is 0. The van der Waals surface area contributed by atoms with Gasteiger partial charge in [0, 0.05) is 11.3 Å². The van der Waals surface area contributed by atoms with Crippen molar-refractivity contribution in [3.8, 4) is 5.75 Å². The average molecular weight is 282 g/mol. The van der Waals surface area contributed by atoms with Crippen LogP contribution in [0.5, 0.6) is 5.75 Å². The van der Waals surface area contributed by atoms with Gasteiger partial charge < -0.3 is 9.84 Å². The van der Waals surface area contributed by atoms with Gasteiger partial charge in [0.15, 0.2) is 4.34 Å². The molecule has 0 aliphatic rings. The largest absolute Gasteiger partial charge is 0.496 e. The molecule has 0 aliphatic carbocycles. The Morgan fingerprint density at radius 3 is 3.00 bits per heavy atom. The molecule has 1 heterocycles. The molecule has 0 spiro atoms. The minimum absolute atomic E-state index is 0.253. The Morgan fingerprint density at radius 2 is 2.39 bits per heavy atom. The summed E-state index contributed by atoms with van der Waals surface area (Å²) in [5.74, 6) is 0.330. The molecule has 0 atom stereocenters. The average Bonchev–Trinajstić information content (AvgIpc) is 2.89. The molecule has 5 nitrogen and oxygen atoms in total. The standard InChI is InChI=1S/C11H10N2O3S2/c1-16-9-3-2-7(10(14)15)4-8(9)5-17-11-12-6-13-18-11/h2-4,6H,5H2,1H3,(H,14,15). The Hall–Kier alpha value is -1.60. The predicted octanol–water partition coefficient (Wildman–Crippen LogP) is 2.54. The van der Waals surface area contributed by atoms with Gasteiger partial charge in [-0.3, -0.25) is 0 Å². The van der Waals surface area contributed by atoms with E-state index in [1.54, 1.807) is 19.2 Å². The van der Waals surface area contributed by atoms with Crippen molar-refractivity contribution >= 4 is 29.3 Å². The summed E-state index contributed by atoms with van der Waals surface area (Å²) in [5, 5.41) is 8.96. The highest BCUT2D eigenvalue weighted by Gasteiger charge is 2.10. The molecule has 0 aliphatic heterocycles. The highest BCUT2D eigenvalue weighted by molar-refractivity contribution is 8.00. The van der Waals surface area contributed by atoms with E-state index in [4.69, 9.17) is 9.84 Å². The summed E-state index contributed by atoms with van der Waals surface area (Å²) in [6, 6.07) is 4.81. The smallest absolute Gasteiger partial charge is 0.335 e. The van der Waals surface area contributed by atoms with Crippen LogP contribution in [0.2, 0.25) is 0 Å². The molecule has 0 saturated carbocycles. The first-order chi connectivity index (χ1) is 8.70. The first-order valence-electron chi connectivity index (χ1n) is 5.00. The minimum atomic E-state index is -0.945. The predicted molar refractivity (Wildman–Crippen MR) is 69.4 cm³/mol. The Bertz CT molecular complexity index is 543. The number of methoxy groups -OCH3 is 1. The van der Waals surface area contributed by atoms with E-state index in [0.29, 0.717) is 11.5 Å². The van der Waals surface area contributed by atoms with Crippen LogP contribution in [0.4, 0.5) is 0 Å². The lowest BCUT2D eigenvalue weighted by Crippen LogP contribution is -1.99. The molecule has 0 amide bonds. The van der Waals surface area contributed by atoms with Gasteiger partial charge in [0.25, 0.3) is 0 Å². The molecule has 2 rings (SSSR count). The van der Waals surface area contributed by atoms with Gasteiger partial charge in [-0.05, 0) is 29.7 Å². The number of carbonyl (C=O) groups is 1. The van der Waals surface area contributed by atoms with Crippen molar-refractivity contribution in [2.45, 2.75) is 10.1 Å². The molecule has 1 aromatic heterocycles. The zero-order valence-electron chi connectivity index (χ0n) is 9.49. The van der Waals surface area contributed by atoms with Gasteiger partial charge in [0.1, 0.15) is 12.1 Å². The van der Waals surface area contributed by atoms with Gasteiger partial charge in [-0.25, -0.2) is 9.78 Å². The number of aromatic nitrogens is 2. The molecule has 7 heteroatoms. The van der Waals surface area contributed by atoms with Crippen molar-refractivity contribution in [3.05, 3.63) is 35.7 Å². The zero-order chi connectivity index (χ0) is 13.0. The fourth-order valence-corrected chi connectivity index (χ4v) is 2.81. The topological polar surface area (TPSA) is 72.3 Å². The molecule has 1 aromatic carbocycles. The number of carboxylic acid groups (broad SMARTS) is 1. The van der Waals surface area contributed by atoms with Crippen LogP contribution < -0.4 is 4.74 Å². The van der Waals surface area contributed by atoms with Crippen molar-refractivity contribution in [2.24, 2.45) is 0 Å². The van der Waals surface area contributed by atoms with E-state index in [0.717, 1.165) is 9.90 Å². The van der Waals surface area contributed by atoms with Crippen LogP contribution in [0, 0.1) is 0 Å². The molecular formula is C11H10N2O3S2. The number of nitrogens with zero attached hydrogens (tertiary/aromatic N) is 2. The van der Waals surface area contributed by atoms with E-state index < -0.39 is 5.97 Å². The van der Waals surface area contributed by atoms with Crippen molar-refractivity contribution in [1.29, 1.82) is 0 Å². The molecule has 2 aromatic rings. The number of aromatic carboxylic acids is 1. The molecule has 0 bridgehead atoms. The maximum atomic E-state index is 10.9. The fraction of sp³-hybridized carbons (Fsp3) is 0.182. The van der Waals surface area contributed by atoms with E-state index in [2.05, 4.69) is 9.36 Å². The van der Waals surface area contributed by atoms with Crippen LogP contribution in [0.25, 0.3) is 0 Å². The van der Waals surface area contributed by atoms with Crippen LogP contribution in [-0.4, -0.2) is 27.5 Å². The summed E-state index contributed by atoms with van der Waals surface area (Å²) in [6.07, 6.45) is 1.50. The lowest BCUT2D eigenvalue weighted by Gasteiger charge is -2.08. The molecular weight excluding hydrogens is 272 g/mol. The van der Waals surface area contributed by atoms with E-state index in [-0.39, 0.29) is 5.56 Å². The lowest BCUT2D eigenvalue weighted by atomic mass is 10.1. The number of carboxylic acids is 1. The van der Waals surface area contributed by atoms with E-state index in [1.165, 1.54) is 35.7 Å². The summed E-state index contributed by atoms with van der Waals surface area (Å²) < 4.78 is 9.96. The third kappa shape index (κ3) is 2.99. The quantitative estimate of drug-likeness (QED) is 0.850. The Balaban J connectivity index is 2.18. The lowest BCUT2D eigenvalue weighted by molar-refractivity contribution is 0.0696. The SMILES string of the molecule is COc1ccc(C(=O)O)cc1CSc1ncns1. The monoisotopic (exact) mass is 282 g/mol. The van der Waals surface area contributed by atoms with Crippen molar-refractivity contribution in [2.75, 3.05) is 7.11 Å². The Morgan fingerprint density at radius 1 is 1.56 bits per heavy atom. The van der Waals surface area contributed by atoms with Crippen LogP contribution in [0.1, 0.15) is 15.9 Å². The molecule has 0 radical (unpaired) electrons. The Kier molecular flexibility index (Phi) is 4.16. The van der Waals surface area contributed by atoms with E-state index in [1.807, 2.05) is 0 Å². The molecule has 1 N–H and O–H groups in total. The van der Waals surface area contributed by atoms with Gasteiger partial charge in [-0.2, -0.15) is 4.37 Å².